The molecule has 1 atom stereocenters. The maximum atomic E-state index is 13.3. The molecule has 4 aromatic rings. The van der Waals surface area contributed by atoms with Crippen LogP contribution in [0.2, 0.25) is 0 Å². The largest absolute Gasteiger partial charge is 0.324 e. The highest BCUT2D eigenvalue weighted by Gasteiger charge is 2.26. The SMILES string of the molecule is CCn1cc(-c2ccnc(Nc3ccc(S(=N)(=O)N(C)C4CCNCC4)cc3)n2)c(-c2cccnc2)n1. The smallest absolute Gasteiger partial charge is 0.227 e. The predicted molar refractivity (Wildman–Crippen MR) is 145 cm³/mol. The summed E-state index contributed by atoms with van der Waals surface area (Å²) in [5.74, 6) is 0.435. The molecule has 0 radical (unpaired) electrons. The Bertz CT molecular complexity index is 1450. The van der Waals surface area contributed by atoms with Gasteiger partial charge in [-0.3, -0.25) is 9.67 Å². The molecular formula is C26H31N9OS. The zero-order chi connectivity index (χ0) is 25.8. The van der Waals surface area contributed by atoms with E-state index < -0.39 is 9.92 Å². The minimum absolute atomic E-state index is 0.133. The van der Waals surface area contributed by atoms with Gasteiger partial charge in [-0.1, -0.05) is 0 Å². The van der Waals surface area contributed by atoms with E-state index in [1.807, 2.05) is 48.1 Å². The first kappa shape index (κ1) is 25.0. The van der Waals surface area contributed by atoms with Gasteiger partial charge in [-0.2, -0.15) is 5.10 Å². The van der Waals surface area contributed by atoms with Gasteiger partial charge in [0.1, 0.15) is 15.6 Å². The molecule has 1 aromatic carbocycles. The Labute approximate surface area is 217 Å². The summed E-state index contributed by atoms with van der Waals surface area (Å²) in [5, 5.41) is 11.3. The van der Waals surface area contributed by atoms with Gasteiger partial charge in [0.2, 0.25) is 5.95 Å². The van der Waals surface area contributed by atoms with Crippen LogP contribution in [0.4, 0.5) is 11.6 Å². The monoisotopic (exact) mass is 517 g/mol. The van der Waals surface area contributed by atoms with Crippen molar-refractivity contribution >= 4 is 21.6 Å². The molecule has 3 N–H and O–H groups in total. The van der Waals surface area contributed by atoms with E-state index in [1.165, 1.54) is 0 Å². The fourth-order valence-corrected chi connectivity index (χ4v) is 5.92. The zero-order valence-corrected chi connectivity index (χ0v) is 21.8. The quantitative estimate of drug-likeness (QED) is 0.320. The van der Waals surface area contributed by atoms with E-state index >= 15 is 0 Å². The molecule has 1 fully saturated rings. The summed E-state index contributed by atoms with van der Waals surface area (Å²) >= 11 is 0. The number of aryl methyl sites for hydroxylation is 1. The number of nitrogens with one attached hydrogen (secondary N) is 3. The van der Waals surface area contributed by atoms with Gasteiger partial charge in [-0.25, -0.2) is 23.3 Å². The highest BCUT2D eigenvalue weighted by atomic mass is 32.2. The molecule has 0 bridgehead atoms. The van der Waals surface area contributed by atoms with Crippen molar-refractivity contribution in [1.29, 1.82) is 4.78 Å². The number of rotatable bonds is 8. The normalized spacial score (nSPS) is 16.0. The van der Waals surface area contributed by atoms with Crippen molar-refractivity contribution in [3.05, 3.63) is 67.3 Å². The van der Waals surface area contributed by atoms with Crippen molar-refractivity contribution in [2.24, 2.45) is 0 Å². The highest BCUT2D eigenvalue weighted by molar-refractivity contribution is 7.90. The minimum Gasteiger partial charge on any atom is -0.324 e. The van der Waals surface area contributed by atoms with Crippen LogP contribution >= 0.6 is 0 Å². The molecule has 1 aliphatic heterocycles. The van der Waals surface area contributed by atoms with Crippen LogP contribution in [0.3, 0.4) is 0 Å². The molecule has 1 saturated heterocycles. The molecule has 4 heterocycles. The molecule has 11 heteroatoms. The Kier molecular flexibility index (Phi) is 7.26. The second-order valence-corrected chi connectivity index (χ2v) is 11.1. The average Bonchev–Trinajstić information content (AvgIpc) is 3.39. The van der Waals surface area contributed by atoms with Crippen LogP contribution in [0.15, 0.2) is 72.1 Å². The Morgan fingerprint density at radius 2 is 1.95 bits per heavy atom. The molecular weight excluding hydrogens is 486 g/mol. The summed E-state index contributed by atoms with van der Waals surface area (Å²) < 4.78 is 25.6. The Morgan fingerprint density at radius 1 is 1.16 bits per heavy atom. The third-order valence-corrected chi connectivity index (χ3v) is 8.63. The number of pyridine rings is 1. The number of aromatic nitrogens is 5. The zero-order valence-electron chi connectivity index (χ0n) is 21.0. The molecule has 0 amide bonds. The molecule has 0 aliphatic carbocycles. The second kappa shape index (κ2) is 10.8. The Balaban J connectivity index is 1.36. The summed E-state index contributed by atoms with van der Waals surface area (Å²) in [4.78, 5) is 13.8. The van der Waals surface area contributed by atoms with E-state index in [2.05, 4.69) is 20.6 Å². The van der Waals surface area contributed by atoms with E-state index in [0.29, 0.717) is 10.8 Å². The summed E-state index contributed by atoms with van der Waals surface area (Å²) in [6, 6.07) is 13.0. The summed E-state index contributed by atoms with van der Waals surface area (Å²) in [6.45, 7) is 4.55. The van der Waals surface area contributed by atoms with Crippen LogP contribution in [-0.4, -0.2) is 59.4 Å². The lowest BCUT2D eigenvalue weighted by Crippen LogP contribution is -2.43. The van der Waals surface area contributed by atoms with Gasteiger partial charge in [0.15, 0.2) is 0 Å². The number of hydrogen-bond donors (Lipinski definition) is 3. The molecule has 5 rings (SSSR count). The Morgan fingerprint density at radius 3 is 2.65 bits per heavy atom. The lowest BCUT2D eigenvalue weighted by molar-refractivity contribution is 0.304. The van der Waals surface area contributed by atoms with Crippen LogP contribution in [0.1, 0.15) is 19.8 Å². The van der Waals surface area contributed by atoms with Gasteiger partial charge in [0.05, 0.1) is 10.6 Å². The van der Waals surface area contributed by atoms with E-state index in [-0.39, 0.29) is 6.04 Å². The first-order valence-electron chi connectivity index (χ1n) is 12.4. The maximum Gasteiger partial charge on any atom is 0.227 e. The van der Waals surface area contributed by atoms with Crippen LogP contribution in [0.25, 0.3) is 22.5 Å². The highest BCUT2D eigenvalue weighted by Crippen LogP contribution is 2.30. The molecule has 0 spiro atoms. The lowest BCUT2D eigenvalue weighted by atomic mass is 10.1. The maximum absolute atomic E-state index is 13.3. The molecule has 10 nitrogen and oxygen atoms in total. The molecule has 1 unspecified atom stereocenters. The first-order valence-corrected chi connectivity index (χ1v) is 13.9. The predicted octanol–water partition coefficient (Wildman–Crippen LogP) is 4.17. The Hall–Kier alpha value is -3.67. The minimum atomic E-state index is -3.07. The van der Waals surface area contributed by atoms with E-state index in [4.69, 9.17) is 14.9 Å². The van der Waals surface area contributed by atoms with Crippen LogP contribution in [0, 0.1) is 4.78 Å². The van der Waals surface area contributed by atoms with E-state index in [0.717, 1.165) is 60.7 Å². The topological polar surface area (TPSA) is 125 Å². The molecule has 192 valence electrons. The second-order valence-electron chi connectivity index (χ2n) is 8.96. The summed E-state index contributed by atoms with van der Waals surface area (Å²) in [6.07, 6.45) is 8.99. The fraction of sp³-hybridized carbons (Fsp3) is 0.308. The van der Waals surface area contributed by atoms with Crippen molar-refractivity contribution < 1.29 is 4.21 Å². The van der Waals surface area contributed by atoms with Gasteiger partial charge in [0.25, 0.3) is 0 Å². The lowest BCUT2D eigenvalue weighted by Gasteiger charge is -2.32. The van der Waals surface area contributed by atoms with Gasteiger partial charge in [-0.15, -0.1) is 0 Å². The van der Waals surface area contributed by atoms with Crippen molar-refractivity contribution in [2.45, 2.75) is 37.2 Å². The van der Waals surface area contributed by atoms with Crippen LogP contribution < -0.4 is 10.6 Å². The third kappa shape index (κ3) is 5.38. The van der Waals surface area contributed by atoms with Crippen molar-refractivity contribution in [3.63, 3.8) is 0 Å². The molecule has 1 aliphatic rings. The number of anilines is 2. The summed E-state index contributed by atoms with van der Waals surface area (Å²) in [5.41, 5.74) is 4.11. The number of nitrogens with zero attached hydrogens (tertiary/aromatic N) is 6. The first-order chi connectivity index (χ1) is 18.0. The molecule has 0 saturated carbocycles. The van der Waals surface area contributed by atoms with E-state index in [9.17, 15) is 4.21 Å². The van der Waals surface area contributed by atoms with Gasteiger partial charge >= 0.3 is 0 Å². The number of hydrogen-bond acceptors (Lipinski definition) is 8. The third-order valence-electron chi connectivity index (χ3n) is 6.61. The number of benzene rings is 1. The molecule has 37 heavy (non-hydrogen) atoms. The molecule has 3 aromatic heterocycles. The van der Waals surface area contributed by atoms with Crippen LogP contribution in [0.5, 0.6) is 0 Å². The van der Waals surface area contributed by atoms with E-state index in [1.54, 1.807) is 42.1 Å². The standard InChI is InChI=1S/C26H31N9OS/c1-3-35-18-23(25(33-35)19-5-4-13-29-17-19)24-12-16-30-26(32-24)31-20-6-8-22(9-7-20)37(27,36)34(2)21-10-14-28-15-11-21/h4-9,12-13,16-18,21,27-28H,3,10-11,14-15H2,1-2H3,(H,30,31,32). The van der Waals surface area contributed by atoms with Crippen molar-refractivity contribution in [1.82, 2.24) is 34.4 Å². The van der Waals surface area contributed by atoms with Crippen molar-refractivity contribution in [3.8, 4) is 22.5 Å². The fourth-order valence-electron chi connectivity index (χ4n) is 4.45. The van der Waals surface area contributed by atoms with Crippen molar-refractivity contribution in [2.75, 3.05) is 25.5 Å². The number of piperidine rings is 1. The van der Waals surface area contributed by atoms with Gasteiger partial charge in [0, 0.05) is 61.2 Å². The summed E-state index contributed by atoms with van der Waals surface area (Å²) in [7, 11) is -1.28. The van der Waals surface area contributed by atoms with Crippen LogP contribution in [-0.2, 0) is 16.5 Å². The van der Waals surface area contributed by atoms with Gasteiger partial charge < -0.3 is 10.6 Å². The average molecular weight is 518 g/mol. The van der Waals surface area contributed by atoms with Gasteiger partial charge in [-0.05, 0) is 75.3 Å².